The van der Waals surface area contributed by atoms with Crippen molar-refractivity contribution in [1.29, 1.82) is 0 Å². The Hall–Kier alpha value is -5.45. The van der Waals surface area contributed by atoms with E-state index >= 15 is 0 Å². The predicted molar refractivity (Wildman–Crippen MR) is 182 cm³/mol. The molecule has 0 unspecified atom stereocenters. The summed E-state index contributed by atoms with van der Waals surface area (Å²) in [7, 11) is 0. The number of nitrogens with zero attached hydrogens (tertiary/aromatic N) is 2. The van der Waals surface area contributed by atoms with Crippen LogP contribution in [0.2, 0.25) is 0 Å². The Kier molecular flexibility index (Phi) is 5.37. The Balaban J connectivity index is 1.13. The molecule has 3 heterocycles. The molecule has 0 radical (unpaired) electrons. The van der Waals surface area contributed by atoms with Crippen LogP contribution < -0.4 is 4.90 Å². The van der Waals surface area contributed by atoms with E-state index in [2.05, 4.69) is 131 Å². The van der Waals surface area contributed by atoms with Gasteiger partial charge in [-0.25, -0.2) is 0 Å². The Morgan fingerprint density at radius 1 is 0.488 bits per heavy atom. The third-order valence-corrected chi connectivity index (χ3v) is 9.44. The van der Waals surface area contributed by atoms with Crippen molar-refractivity contribution < 1.29 is 4.42 Å². The van der Waals surface area contributed by atoms with E-state index in [-0.39, 0.29) is 0 Å². The standard InChI is InChI=1S/C39H24N2OS/c1-2-8-27(9-3-1)41(29-19-20-31-30-10-5-7-13-37(30)43-38(31)23-29)28-17-14-25(15-18-28)26-16-21-36-33(22-26)34-24-40-35-12-6-4-11-32(35)39(34)42-36/h1-24H. The molecule has 0 N–H and O–H groups in total. The van der Waals surface area contributed by atoms with E-state index in [1.165, 1.54) is 20.2 Å². The summed E-state index contributed by atoms with van der Waals surface area (Å²) in [6.07, 6.45) is 1.93. The molecule has 3 aromatic heterocycles. The molecule has 4 heteroatoms. The normalized spacial score (nSPS) is 11.7. The van der Waals surface area contributed by atoms with Crippen LogP contribution in [0, 0.1) is 0 Å². The number of anilines is 3. The van der Waals surface area contributed by atoms with Crippen LogP contribution in [0.3, 0.4) is 0 Å². The van der Waals surface area contributed by atoms with Crippen LogP contribution in [0.4, 0.5) is 17.1 Å². The lowest BCUT2D eigenvalue weighted by Gasteiger charge is -2.25. The van der Waals surface area contributed by atoms with E-state index in [4.69, 9.17) is 4.42 Å². The molecule has 0 spiro atoms. The average molecular weight is 569 g/mol. The maximum atomic E-state index is 6.31. The number of aromatic nitrogens is 1. The fourth-order valence-corrected chi connectivity index (χ4v) is 7.36. The summed E-state index contributed by atoms with van der Waals surface area (Å²) in [6.45, 7) is 0. The SMILES string of the molecule is c1ccc(N(c2ccc(-c3ccc4oc5c6ccccc6ncc5c4c3)cc2)c2ccc3c(c2)sc2ccccc23)cc1. The van der Waals surface area contributed by atoms with Gasteiger partial charge in [-0.05, 0) is 77.9 Å². The fourth-order valence-electron chi connectivity index (χ4n) is 6.22. The Bertz CT molecular complexity index is 2460. The van der Waals surface area contributed by atoms with E-state index in [1.807, 2.05) is 35.7 Å². The Labute approximate surface area is 251 Å². The number of pyridine rings is 1. The molecule has 3 nitrogen and oxygen atoms in total. The summed E-state index contributed by atoms with van der Waals surface area (Å²) in [6, 6.07) is 49.4. The van der Waals surface area contributed by atoms with Crippen LogP contribution in [0.5, 0.6) is 0 Å². The zero-order valence-corrected chi connectivity index (χ0v) is 23.9. The second kappa shape index (κ2) is 9.55. The minimum absolute atomic E-state index is 0.875. The summed E-state index contributed by atoms with van der Waals surface area (Å²) in [5, 5.41) is 5.78. The van der Waals surface area contributed by atoms with Crippen molar-refractivity contribution in [2.24, 2.45) is 0 Å². The zero-order valence-electron chi connectivity index (χ0n) is 23.1. The number of para-hydroxylation sites is 2. The maximum Gasteiger partial charge on any atom is 0.146 e. The van der Waals surface area contributed by atoms with Crippen LogP contribution in [0.1, 0.15) is 0 Å². The van der Waals surface area contributed by atoms with Crippen LogP contribution in [-0.4, -0.2) is 4.98 Å². The second-order valence-electron chi connectivity index (χ2n) is 10.8. The topological polar surface area (TPSA) is 29.3 Å². The van der Waals surface area contributed by atoms with Gasteiger partial charge in [0.15, 0.2) is 0 Å². The number of fused-ring (bicyclic) bond motifs is 8. The third kappa shape index (κ3) is 3.92. The van der Waals surface area contributed by atoms with Crippen LogP contribution >= 0.6 is 11.3 Å². The minimum Gasteiger partial charge on any atom is -0.455 e. The second-order valence-corrected chi connectivity index (χ2v) is 11.9. The first-order valence-corrected chi connectivity index (χ1v) is 15.2. The molecule has 0 aliphatic carbocycles. The maximum absolute atomic E-state index is 6.31. The fraction of sp³-hybridized carbons (Fsp3) is 0. The summed E-state index contributed by atoms with van der Waals surface area (Å²) in [5.74, 6) is 0. The van der Waals surface area contributed by atoms with Gasteiger partial charge < -0.3 is 9.32 Å². The van der Waals surface area contributed by atoms with E-state index in [0.717, 1.165) is 61.0 Å². The zero-order chi connectivity index (χ0) is 28.3. The van der Waals surface area contributed by atoms with E-state index in [1.54, 1.807) is 0 Å². The molecule has 0 aliphatic rings. The Morgan fingerprint density at radius 3 is 2.07 bits per heavy atom. The first-order valence-electron chi connectivity index (χ1n) is 14.4. The highest BCUT2D eigenvalue weighted by atomic mass is 32.1. The van der Waals surface area contributed by atoms with Gasteiger partial charge in [0.05, 0.1) is 5.52 Å². The summed E-state index contributed by atoms with van der Waals surface area (Å²) >= 11 is 1.85. The summed E-state index contributed by atoms with van der Waals surface area (Å²) < 4.78 is 8.92. The number of rotatable bonds is 4. The smallest absolute Gasteiger partial charge is 0.146 e. The van der Waals surface area contributed by atoms with Crippen molar-refractivity contribution in [2.45, 2.75) is 0 Å². The summed E-state index contributed by atoms with van der Waals surface area (Å²) in [5.41, 5.74) is 8.39. The molecule has 0 fully saturated rings. The van der Waals surface area contributed by atoms with Gasteiger partial charge in [0.2, 0.25) is 0 Å². The first kappa shape index (κ1) is 24.2. The molecule has 43 heavy (non-hydrogen) atoms. The van der Waals surface area contributed by atoms with Crippen molar-refractivity contribution in [3.05, 3.63) is 146 Å². The van der Waals surface area contributed by atoms with Gasteiger partial charge in [-0.3, -0.25) is 4.98 Å². The van der Waals surface area contributed by atoms with Gasteiger partial charge in [-0.2, -0.15) is 0 Å². The molecule has 0 aliphatic heterocycles. The molecule has 0 saturated carbocycles. The van der Waals surface area contributed by atoms with Crippen LogP contribution in [0.15, 0.2) is 150 Å². The van der Waals surface area contributed by atoms with E-state index in [0.29, 0.717) is 0 Å². The third-order valence-electron chi connectivity index (χ3n) is 8.30. The number of furan rings is 1. The highest BCUT2D eigenvalue weighted by Crippen LogP contribution is 2.41. The molecule has 6 aromatic carbocycles. The minimum atomic E-state index is 0.875. The van der Waals surface area contributed by atoms with Crippen LogP contribution in [-0.2, 0) is 0 Å². The molecular formula is C39H24N2OS. The van der Waals surface area contributed by atoms with E-state index in [9.17, 15) is 0 Å². The highest BCUT2D eigenvalue weighted by Gasteiger charge is 2.16. The van der Waals surface area contributed by atoms with Gasteiger partial charge in [-0.1, -0.05) is 72.8 Å². The first-order chi connectivity index (χ1) is 21.3. The Morgan fingerprint density at radius 2 is 1.19 bits per heavy atom. The molecule has 202 valence electrons. The lowest BCUT2D eigenvalue weighted by molar-refractivity contribution is 0.672. The number of benzene rings is 6. The van der Waals surface area contributed by atoms with Crippen molar-refractivity contribution in [3.8, 4) is 11.1 Å². The predicted octanol–water partition coefficient (Wildman–Crippen LogP) is 11.6. The summed E-state index contributed by atoms with van der Waals surface area (Å²) in [4.78, 5) is 7.02. The molecule has 0 atom stereocenters. The quantitative estimate of drug-likeness (QED) is 0.211. The largest absolute Gasteiger partial charge is 0.455 e. The monoisotopic (exact) mass is 568 g/mol. The lowest BCUT2D eigenvalue weighted by atomic mass is 10.0. The average Bonchev–Trinajstić information content (AvgIpc) is 3.63. The molecule has 0 bridgehead atoms. The highest BCUT2D eigenvalue weighted by molar-refractivity contribution is 7.25. The lowest BCUT2D eigenvalue weighted by Crippen LogP contribution is -2.09. The van der Waals surface area contributed by atoms with Crippen molar-refractivity contribution in [1.82, 2.24) is 4.98 Å². The molecule has 0 amide bonds. The molecule has 0 saturated heterocycles. The van der Waals surface area contributed by atoms with Gasteiger partial charge in [-0.15, -0.1) is 11.3 Å². The van der Waals surface area contributed by atoms with Gasteiger partial charge in [0.1, 0.15) is 11.2 Å². The van der Waals surface area contributed by atoms with Crippen LogP contribution in [0.25, 0.3) is 64.1 Å². The van der Waals surface area contributed by atoms with Crippen molar-refractivity contribution >= 4 is 81.4 Å². The number of thiophene rings is 1. The molecule has 9 rings (SSSR count). The van der Waals surface area contributed by atoms with Crippen molar-refractivity contribution in [3.63, 3.8) is 0 Å². The number of hydrogen-bond donors (Lipinski definition) is 0. The van der Waals surface area contributed by atoms with Gasteiger partial charge >= 0.3 is 0 Å². The van der Waals surface area contributed by atoms with Gasteiger partial charge in [0.25, 0.3) is 0 Å². The molecular weight excluding hydrogens is 545 g/mol. The van der Waals surface area contributed by atoms with Gasteiger partial charge in [0, 0.05) is 59.6 Å². The molecule has 9 aromatic rings. The van der Waals surface area contributed by atoms with E-state index < -0.39 is 0 Å². The number of hydrogen-bond acceptors (Lipinski definition) is 4. The van der Waals surface area contributed by atoms with Crippen molar-refractivity contribution in [2.75, 3.05) is 4.90 Å².